The van der Waals surface area contributed by atoms with Gasteiger partial charge < -0.3 is 20.5 Å². The highest BCUT2D eigenvalue weighted by Crippen LogP contribution is 2.17. The van der Waals surface area contributed by atoms with Gasteiger partial charge in [-0.2, -0.15) is 0 Å². The second-order valence-electron chi connectivity index (χ2n) is 3.96. The van der Waals surface area contributed by atoms with Crippen molar-refractivity contribution in [1.82, 2.24) is 15.6 Å². The molecule has 7 nitrogen and oxygen atoms in total. The van der Waals surface area contributed by atoms with Crippen LogP contribution in [0.4, 0.5) is 13.6 Å². The van der Waals surface area contributed by atoms with Gasteiger partial charge in [0.25, 0.3) is 6.43 Å². The number of halogens is 2. The van der Waals surface area contributed by atoms with Gasteiger partial charge in [-0.25, -0.2) is 23.4 Å². The molecule has 1 heterocycles. The Morgan fingerprint density at radius 3 is 2.81 bits per heavy atom. The number of ether oxygens (including phenoxy) is 1. The summed E-state index contributed by atoms with van der Waals surface area (Å²) in [4.78, 5) is 26.0. The number of alkyl halides is 2. The Bertz CT molecular complexity index is 484. The highest BCUT2D eigenvalue weighted by atomic mass is 32.1. The lowest BCUT2D eigenvalue weighted by Gasteiger charge is -2.12. The standard InChI is InChI=1S/C11H15F2N3O4S/c1-6(9-16-7(5-21-9)10(17)18)15-11(19)14-2-3-20-4-8(12)13/h5-6,8H,2-4H2,1H3,(H,17,18)(H2,14,15,19). The molecule has 1 aromatic heterocycles. The molecule has 10 heteroatoms. The summed E-state index contributed by atoms with van der Waals surface area (Å²) in [5, 5.41) is 15.6. The Kier molecular flexibility index (Phi) is 6.96. The summed E-state index contributed by atoms with van der Waals surface area (Å²) in [5.74, 6) is -1.13. The molecule has 0 fully saturated rings. The molecule has 0 spiro atoms. The van der Waals surface area contributed by atoms with E-state index in [-0.39, 0.29) is 18.8 Å². The van der Waals surface area contributed by atoms with E-state index in [9.17, 15) is 18.4 Å². The van der Waals surface area contributed by atoms with Gasteiger partial charge in [0.15, 0.2) is 5.69 Å². The van der Waals surface area contributed by atoms with Crippen LogP contribution in [0.3, 0.4) is 0 Å². The predicted octanol–water partition coefficient (Wildman–Crippen LogP) is 1.48. The molecule has 0 aliphatic carbocycles. The second-order valence-corrected chi connectivity index (χ2v) is 4.85. The van der Waals surface area contributed by atoms with Crippen LogP contribution in [0, 0.1) is 0 Å². The van der Waals surface area contributed by atoms with Gasteiger partial charge in [0.05, 0.1) is 12.6 Å². The average Bonchev–Trinajstić information content (AvgIpc) is 2.87. The highest BCUT2D eigenvalue weighted by molar-refractivity contribution is 7.09. The van der Waals surface area contributed by atoms with E-state index in [2.05, 4.69) is 20.4 Å². The Morgan fingerprint density at radius 1 is 1.52 bits per heavy atom. The molecule has 1 aromatic rings. The van der Waals surface area contributed by atoms with E-state index in [1.165, 1.54) is 5.38 Å². The molecule has 0 radical (unpaired) electrons. The van der Waals surface area contributed by atoms with Crippen LogP contribution in [-0.2, 0) is 4.74 Å². The first-order chi connectivity index (χ1) is 9.90. The van der Waals surface area contributed by atoms with Gasteiger partial charge in [-0.1, -0.05) is 0 Å². The fraction of sp³-hybridized carbons (Fsp3) is 0.545. The van der Waals surface area contributed by atoms with Crippen molar-refractivity contribution in [3.63, 3.8) is 0 Å². The number of thiazole rings is 1. The van der Waals surface area contributed by atoms with E-state index < -0.39 is 31.1 Å². The summed E-state index contributed by atoms with van der Waals surface area (Å²) in [6.45, 7) is 1.05. The van der Waals surface area contributed by atoms with Crippen molar-refractivity contribution in [1.29, 1.82) is 0 Å². The van der Waals surface area contributed by atoms with Crippen molar-refractivity contribution in [3.05, 3.63) is 16.1 Å². The lowest BCUT2D eigenvalue weighted by atomic mass is 10.3. The first kappa shape index (κ1) is 17.2. The van der Waals surface area contributed by atoms with Crippen LogP contribution in [0.5, 0.6) is 0 Å². The third kappa shape index (κ3) is 6.45. The first-order valence-electron chi connectivity index (χ1n) is 5.99. The third-order valence-electron chi connectivity index (χ3n) is 2.23. The zero-order valence-electron chi connectivity index (χ0n) is 11.1. The number of nitrogens with zero attached hydrogens (tertiary/aromatic N) is 1. The van der Waals surface area contributed by atoms with Gasteiger partial charge in [0.1, 0.15) is 11.6 Å². The van der Waals surface area contributed by atoms with Crippen LogP contribution >= 0.6 is 11.3 Å². The fourth-order valence-electron chi connectivity index (χ4n) is 1.30. The van der Waals surface area contributed by atoms with Crippen molar-refractivity contribution >= 4 is 23.3 Å². The quantitative estimate of drug-likeness (QED) is 0.629. The van der Waals surface area contributed by atoms with Gasteiger partial charge >= 0.3 is 12.0 Å². The highest BCUT2D eigenvalue weighted by Gasteiger charge is 2.15. The van der Waals surface area contributed by atoms with Crippen molar-refractivity contribution in [2.24, 2.45) is 0 Å². The summed E-state index contributed by atoms with van der Waals surface area (Å²) in [7, 11) is 0. The SMILES string of the molecule is CC(NC(=O)NCCOCC(F)F)c1nc(C(=O)O)cs1. The fourth-order valence-corrected chi connectivity index (χ4v) is 2.10. The summed E-state index contributed by atoms with van der Waals surface area (Å²) in [6, 6.07) is -0.986. The summed E-state index contributed by atoms with van der Waals surface area (Å²) in [6.07, 6.45) is -2.54. The van der Waals surface area contributed by atoms with Crippen molar-refractivity contribution in [3.8, 4) is 0 Å². The molecule has 0 saturated carbocycles. The van der Waals surface area contributed by atoms with E-state index in [0.29, 0.717) is 5.01 Å². The van der Waals surface area contributed by atoms with E-state index in [1.54, 1.807) is 6.92 Å². The molecule has 0 aliphatic heterocycles. The van der Waals surface area contributed by atoms with Crippen LogP contribution in [0.15, 0.2) is 5.38 Å². The molecule has 1 rings (SSSR count). The number of hydrogen-bond acceptors (Lipinski definition) is 5. The smallest absolute Gasteiger partial charge is 0.355 e. The summed E-state index contributed by atoms with van der Waals surface area (Å²) in [5.41, 5.74) is -0.0792. The minimum Gasteiger partial charge on any atom is -0.476 e. The monoisotopic (exact) mass is 323 g/mol. The molecular formula is C11H15F2N3O4S. The summed E-state index contributed by atoms with van der Waals surface area (Å²) < 4.78 is 28.1. The zero-order valence-corrected chi connectivity index (χ0v) is 12.0. The number of urea groups is 1. The van der Waals surface area contributed by atoms with Gasteiger partial charge in [0, 0.05) is 11.9 Å². The number of carboxylic acid groups (broad SMARTS) is 1. The maximum atomic E-state index is 11.8. The molecular weight excluding hydrogens is 308 g/mol. The van der Waals surface area contributed by atoms with Crippen LogP contribution < -0.4 is 10.6 Å². The second kappa shape index (κ2) is 8.47. The normalized spacial score (nSPS) is 12.2. The third-order valence-corrected chi connectivity index (χ3v) is 3.26. The molecule has 1 unspecified atom stereocenters. The Hall–Kier alpha value is -1.81. The number of carbonyl (C=O) groups excluding carboxylic acids is 1. The maximum absolute atomic E-state index is 11.8. The molecule has 1 atom stereocenters. The van der Waals surface area contributed by atoms with Crippen molar-refractivity contribution in [2.45, 2.75) is 19.4 Å². The largest absolute Gasteiger partial charge is 0.476 e. The molecule has 3 N–H and O–H groups in total. The minimum atomic E-state index is -2.54. The topological polar surface area (TPSA) is 101 Å². The molecule has 0 saturated heterocycles. The van der Waals surface area contributed by atoms with E-state index in [1.807, 2.05) is 0 Å². The van der Waals surface area contributed by atoms with Crippen molar-refractivity contribution < 1.29 is 28.2 Å². The Balaban J connectivity index is 2.28. The van der Waals surface area contributed by atoms with Crippen LogP contribution in [0.1, 0.15) is 28.5 Å². The molecule has 2 amide bonds. The van der Waals surface area contributed by atoms with Crippen LogP contribution in [-0.4, -0.2) is 48.3 Å². The van der Waals surface area contributed by atoms with Crippen LogP contribution in [0.2, 0.25) is 0 Å². The number of carboxylic acids is 1. The number of hydrogen-bond donors (Lipinski definition) is 3. The van der Waals surface area contributed by atoms with E-state index in [4.69, 9.17) is 5.11 Å². The van der Waals surface area contributed by atoms with Gasteiger partial charge in [-0.15, -0.1) is 11.3 Å². The maximum Gasteiger partial charge on any atom is 0.355 e. The van der Waals surface area contributed by atoms with Gasteiger partial charge in [0.2, 0.25) is 0 Å². The van der Waals surface area contributed by atoms with Crippen molar-refractivity contribution in [2.75, 3.05) is 19.8 Å². The number of amides is 2. The Labute approximate surface area is 123 Å². The van der Waals surface area contributed by atoms with Gasteiger partial charge in [-0.05, 0) is 6.92 Å². The lowest BCUT2D eigenvalue weighted by Crippen LogP contribution is -2.38. The number of aromatic carboxylic acids is 1. The zero-order chi connectivity index (χ0) is 15.8. The van der Waals surface area contributed by atoms with E-state index in [0.717, 1.165) is 11.3 Å². The molecule has 118 valence electrons. The number of rotatable bonds is 8. The predicted molar refractivity (Wildman–Crippen MR) is 70.8 cm³/mol. The van der Waals surface area contributed by atoms with E-state index >= 15 is 0 Å². The number of carbonyl (C=O) groups is 2. The number of aromatic nitrogens is 1. The lowest BCUT2D eigenvalue weighted by molar-refractivity contribution is 0.0193. The first-order valence-corrected chi connectivity index (χ1v) is 6.87. The molecule has 0 aromatic carbocycles. The molecule has 0 bridgehead atoms. The van der Waals surface area contributed by atoms with Crippen LogP contribution in [0.25, 0.3) is 0 Å². The minimum absolute atomic E-state index is 0.0213. The van der Waals surface area contributed by atoms with Gasteiger partial charge in [-0.3, -0.25) is 0 Å². The average molecular weight is 323 g/mol. The number of nitrogens with one attached hydrogen (secondary N) is 2. The summed E-state index contributed by atoms with van der Waals surface area (Å²) >= 11 is 1.12. The molecule has 21 heavy (non-hydrogen) atoms. The molecule has 0 aliphatic rings. The Morgan fingerprint density at radius 2 is 2.24 bits per heavy atom.